The molecule has 0 aromatic heterocycles. The van der Waals surface area contributed by atoms with Gasteiger partial charge in [0.15, 0.2) is 0 Å². The maximum atomic E-state index is 12.0. The maximum absolute atomic E-state index is 12.0. The van der Waals surface area contributed by atoms with Crippen LogP contribution in [0.5, 0.6) is 11.5 Å². The first-order chi connectivity index (χ1) is 13.7. The Morgan fingerprint density at radius 2 is 1.79 bits per heavy atom. The van der Waals surface area contributed by atoms with E-state index >= 15 is 0 Å². The summed E-state index contributed by atoms with van der Waals surface area (Å²) in [7, 11) is 1.53. The van der Waals surface area contributed by atoms with Crippen molar-refractivity contribution in [3.8, 4) is 11.5 Å². The van der Waals surface area contributed by atoms with Crippen LogP contribution in [-0.4, -0.2) is 29.9 Å². The molecule has 0 aliphatic heterocycles. The molecule has 0 spiro atoms. The van der Waals surface area contributed by atoms with E-state index in [4.69, 9.17) is 14.2 Å². The number of methoxy groups -OCH3 is 1. The van der Waals surface area contributed by atoms with Gasteiger partial charge in [-0.3, -0.25) is 5.32 Å². The predicted molar refractivity (Wildman–Crippen MR) is 109 cm³/mol. The molecule has 0 unspecified atom stereocenters. The molecule has 1 amide bonds. The zero-order valence-corrected chi connectivity index (χ0v) is 16.9. The van der Waals surface area contributed by atoms with Gasteiger partial charge in [-0.25, -0.2) is 9.59 Å². The predicted octanol–water partition coefficient (Wildman–Crippen LogP) is 4.22. The highest BCUT2D eigenvalue weighted by Gasteiger charge is 2.20. The number of alkyl carbamates (subject to hydrolysis) is 1. The second kappa shape index (κ2) is 9.64. The first-order valence-corrected chi connectivity index (χ1v) is 8.97. The number of aliphatic carboxylic acids is 1. The molecule has 2 rings (SSSR count). The lowest BCUT2D eigenvalue weighted by atomic mass is 10.1. The van der Waals surface area contributed by atoms with E-state index in [0.29, 0.717) is 17.1 Å². The number of carboxylic acids is 1. The van der Waals surface area contributed by atoms with Crippen LogP contribution in [0, 0.1) is 0 Å². The van der Waals surface area contributed by atoms with Crippen molar-refractivity contribution >= 4 is 18.1 Å². The smallest absolute Gasteiger partial charge is 0.412 e. The molecule has 2 aromatic rings. The van der Waals surface area contributed by atoms with Crippen LogP contribution in [0.3, 0.4) is 0 Å². The maximum Gasteiger partial charge on any atom is 0.412 e. The van der Waals surface area contributed by atoms with Crippen molar-refractivity contribution in [1.29, 1.82) is 0 Å². The molecule has 2 aromatic carbocycles. The van der Waals surface area contributed by atoms with Crippen LogP contribution in [0.1, 0.15) is 31.9 Å². The Hall–Kier alpha value is -3.48. The Labute approximate surface area is 169 Å². The number of carbonyl (C=O) groups is 2. The summed E-state index contributed by atoms with van der Waals surface area (Å²) in [5, 5.41) is 11.7. The molecule has 0 bridgehead atoms. The Bertz CT molecular complexity index is 884. The Morgan fingerprint density at radius 3 is 2.38 bits per heavy atom. The summed E-state index contributed by atoms with van der Waals surface area (Å²) >= 11 is 0. The van der Waals surface area contributed by atoms with Gasteiger partial charge in [0.25, 0.3) is 0 Å². The van der Waals surface area contributed by atoms with Gasteiger partial charge in [-0.05, 0) is 44.5 Å². The molecule has 0 atom stereocenters. The molecular weight excluding hydrogens is 374 g/mol. The summed E-state index contributed by atoms with van der Waals surface area (Å²) in [6.45, 7) is 5.36. The average Bonchev–Trinajstić information content (AvgIpc) is 2.65. The number of ether oxygens (including phenoxy) is 3. The lowest BCUT2D eigenvalue weighted by molar-refractivity contribution is -0.133. The van der Waals surface area contributed by atoms with Gasteiger partial charge in [-0.2, -0.15) is 0 Å². The molecule has 0 aliphatic carbocycles. The minimum atomic E-state index is -1.30. The first-order valence-electron chi connectivity index (χ1n) is 8.97. The lowest BCUT2D eigenvalue weighted by Crippen LogP contribution is -2.34. The van der Waals surface area contributed by atoms with Gasteiger partial charge in [0.05, 0.1) is 7.11 Å². The van der Waals surface area contributed by atoms with Crippen molar-refractivity contribution in [3.05, 3.63) is 65.4 Å². The minimum Gasteiger partial charge on any atom is -0.497 e. The molecule has 7 nitrogen and oxygen atoms in total. The summed E-state index contributed by atoms with van der Waals surface area (Å²) in [6, 6.07) is 14.5. The van der Waals surface area contributed by atoms with Gasteiger partial charge in [0, 0.05) is 11.6 Å². The summed E-state index contributed by atoms with van der Waals surface area (Å²) in [5.74, 6) is -0.333. The van der Waals surface area contributed by atoms with Gasteiger partial charge in [-0.15, -0.1) is 0 Å². The highest BCUT2D eigenvalue weighted by atomic mass is 16.6. The van der Waals surface area contributed by atoms with Crippen molar-refractivity contribution < 1.29 is 28.9 Å². The van der Waals surface area contributed by atoms with E-state index in [-0.39, 0.29) is 12.3 Å². The van der Waals surface area contributed by atoms with Gasteiger partial charge in [0.1, 0.15) is 29.4 Å². The van der Waals surface area contributed by atoms with Crippen LogP contribution < -0.4 is 14.8 Å². The van der Waals surface area contributed by atoms with E-state index in [0.717, 1.165) is 5.56 Å². The third kappa shape index (κ3) is 7.21. The van der Waals surface area contributed by atoms with Crippen LogP contribution >= 0.6 is 0 Å². The molecule has 0 heterocycles. The quantitative estimate of drug-likeness (QED) is 0.677. The van der Waals surface area contributed by atoms with E-state index in [1.165, 1.54) is 13.2 Å². The Morgan fingerprint density at radius 1 is 1.10 bits per heavy atom. The molecule has 154 valence electrons. The fourth-order valence-corrected chi connectivity index (χ4v) is 2.34. The summed E-state index contributed by atoms with van der Waals surface area (Å²) < 4.78 is 16.2. The first kappa shape index (κ1) is 21.8. The number of hydrogen-bond acceptors (Lipinski definition) is 5. The fourth-order valence-electron chi connectivity index (χ4n) is 2.34. The van der Waals surface area contributed by atoms with E-state index in [2.05, 4.69) is 5.32 Å². The molecule has 2 N–H and O–H groups in total. The number of amides is 1. The zero-order valence-electron chi connectivity index (χ0n) is 16.9. The fraction of sp³-hybridized carbons (Fsp3) is 0.273. The van der Waals surface area contributed by atoms with Crippen LogP contribution in [0.25, 0.3) is 6.08 Å². The number of nitrogens with one attached hydrogen (secondary N) is 1. The number of carboxylic acid groups (broad SMARTS) is 1. The topological polar surface area (TPSA) is 94.1 Å². The molecule has 0 aliphatic rings. The molecule has 7 heteroatoms. The molecule has 29 heavy (non-hydrogen) atoms. The third-order valence-corrected chi connectivity index (χ3v) is 3.62. The van der Waals surface area contributed by atoms with Gasteiger partial charge in [0.2, 0.25) is 0 Å². The van der Waals surface area contributed by atoms with Crippen LogP contribution in [0.2, 0.25) is 0 Å². The van der Waals surface area contributed by atoms with E-state index in [9.17, 15) is 14.7 Å². The number of rotatable bonds is 7. The van der Waals surface area contributed by atoms with Crippen molar-refractivity contribution in [1.82, 2.24) is 5.32 Å². The van der Waals surface area contributed by atoms with E-state index < -0.39 is 17.7 Å². The average molecular weight is 399 g/mol. The lowest BCUT2D eigenvalue weighted by Gasteiger charge is -2.20. The third-order valence-electron chi connectivity index (χ3n) is 3.62. The normalized spacial score (nSPS) is 11.5. The number of carbonyl (C=O) groups excluding carboxylic acids is 1. The van der Waals surface area contributed by atoms with E-state index in [1.54, 1.807) is 39.0 Å². The molecule has 0 saturated carbocycles. The Balaban J connectivity index is 2.29. The molecule has 0 radical (unpaired) electrons. The highest BCUT2D eigenvalue weighted by molar-refractivity contribution is 5.96. The second-order valence-corrected chi connectivity index (χ2v) is 7.17. The van der Waals surface area contributed by atoms with Crippen LogP contribution in [-0.2, 0) is 16.1 Å². The molecule has 0 saturated heterocycles. The second-order valence-electron chi connectivity index (χ2n) is 7.17. The van der Waals surface area contributed by atoms with Crippen molar-refractivity contribution in [2.75, 3.05) is 7.11 Å². The highest BCUT2D eigenvalue weighted by Crippen LogP contribution is 2.27. The number of hydrogen-bond donors (Lipinski definition) is 2. The monoisotopic (exact) mass is 399 g/mol. The van der Waals surface area contributed by atoms with E-state index in [1.807, 2.05) is 30.3 Å². The van der Waals surface area contributed by atoms with Gasteiger partial charge >= 0.3 is 12.1 Å². The van der Waals surface area contributed by atoms with Gasteiger partial charge < -0.3 is 19.3 Å². The summed E-state index contributed by atoms with van der Waals surface area (Å²) in [6.07, 6.45) is 0.456. The molecular formula is C22H25NO6. The molecule has 0 fully saturated rings. The zero-order chi connectivity index (χ0) is 21.4. The summed E-state index contributed by atoms with van der Waals surface area (Å²) in [5.41, 5.74) is 0.331. The van der Waals surface area contributed by atoms with Crippen molar-refractivity contribution in [3.63, 3.8) is 0 Å². The Kier molecular flexibility index (Phi) is 7.25. The summed E-state index contributed by atoms with van der Waals surface area (Å²) in [4.78, 5) is 23.6. The van der Waals surface area contributed by atoms with Crippen molar-refractivity contribution in [2.45, 2.75) is 33.0 Å². The largest absolute Gasteiger partial charge is 0.497 e. The standard InChI is InChI=1S/C22H25NO6/c1-22(2,3)29-21(26)23-18(20(24)25)12-16-10-11-17(27-4)13-19(16)28-14-15-8-6-5-7-9-15/h5-13H,14H2,1-4H3,(H,23,26)(H,24,25)/b18-12-. The SMILES string of the molecule is COc1ccc(/C=C(\NC(=O)OC(C)(C)C)C(=O)O)c(OCc2ccccc2)c1. The van der Waals surface area contributed by atoms with Gasteiger partial charge in [-0.1, -0.05) is 30.3 Å². The van der Waals surface area contributed by atoms with Crippen LogP contribution in [0.15, 0.2) is 54.2 Å². The van der Waals surface area contributed by atoms with Crippen LogP contribution in [0.4, 0.5) is 4.79 Å². The number of benzene rings is 2. The minimum absolute atomic E-state index is 0.288. The van der Waals surface area contributed by atoms with Crippen molar-refractivity contribution in [2.24, 2.45) is 0 Å².